The highest BCUT2D eigenvalue weighted by atomic mass is 16.2. The van der Waals surface area contributed by atoms with Gasteiger partial charge in [0, 0.05) is 75.9 Å². The summed E-state index contributed by atoms with van der Waals surface area (Å²) >= 11 is 0. The van der Waals surface area contributed by atoms with Crippen molar-refractivity contribution in [3.8, 4) is 0 Å². The molecule has 0 radical (unpaired) electrons. The van der Waals surface area contributed by atoms with Crippen LogP contribution in [0.2, 0.25) is 0 Å². The highest BCUT2D eigenvalue weighted by molar-refractivity contribution is 5.75. The lowest BCUT2D eigenvalue weighted by atomic mass is 9.69. The number of hydrogen-bond acceptors (Lipinski definition) is 5. The Kier molecular flexibility index (Phi) is 8.09. The molecule has 35 heavy (non-hydrogen) atoms. The number of nitrogens with zero attached hydrogens (tertiary/aromatic N) is 5. The monoisotopic (exact) mass is 475 g/mol. The van der Waals surface area contributed by atoms with E-state index in [-0.39, 0.29) is 5.91 Å². The van der Waals surface area contributed by atoms with Crippen molar-refractivity contribution in [3.05, 3.63) is 60.2 Å². The smallest absolute Gasteiger partial charge is 0.222 e. The summed E-state index contributed by atoms with van der Waals surface area (Å²) < 4.78 is 0. The molecule has 0 N–H and O–H groups in total. The highest BCUT2D eigenvalue weighted by Crippen LogP contribution is 2.43. The van der Waals surface area contributed by atoms with Crippen LogP contribution in [0, 0.1) is 11.8 Å². The first-order valence-electron chi connectivity index (χ1n) is 13.7. The molecule has 0 aliphatic carbocycles. The molecule has 5 heterocycles. The van der Waals surface area contributed by atoms with Gasteiger partial charge in [0.05, 0.1) is 0 Å². The first-order chi connectivity index (χ1) is 17.2. The fourth-order valence-corrected chi connectivity index (χ4v) is 6.99. The predicted molar refractivity (Wildman–Crippen MR) is 139 cm³/mol. The molecule has 0 saturated carbocycles. The van der Waals surface area contributed by atoms with E-state index >= 15 is 0 Å². The van der Waals surface area contributed by atoms with Gasteiger partial charge in [-0.1, -0.05) is 12.1 Å². The normalized spacial score (nSPS) is 26.8. The van der Waals surface area contributed by atoms with Crippen molar-refractivity contribution in [2.45, 2.75) is 70.0 Å². The number of likely N-dealkylation sites (tertiary alicyclic amines) is 1. The van der Waals surface area contributed by atoms with Crippen molar-refractivity contribution in [2.24, 2.45) is 11.8 Å². The largest absolute Gasteiger partial charge is 0.345 e. The number of pyridine rings is 2. The van der Waals surface area contributed by atoms with Gasteiger partial charge in [0.25, 0.3) is 0 Å². The lowest BCUT2D eigenvalue weighted by Crippen LogP contribution is -2.64. The van der Waals surface area contributed by atoms with Crippen LogP contribution in [0.5, 0.6) is 0 Å². The first-order valence-corrected chi connectivity index (χ1v) is 13.7. The molecule has 4 atom stereocenters. The van der Waals surface area contributed by atoms with Gasteiger partial charge in [-0.3, -0.25) is 24.6 Å². The average molecular weight is 476 g/mol. The van der Waals surface area contributed by atoms with E-state index < -0.39 is 0 Å². The Morgan fingerprint density at radius 2 is 2.00 bits per heavy atom. The van der Waals surface area contributed by atoms with Gasteiger partial charge in [-0.2, -0.15) is 0 Å². The third-order valence-electron chi connectivity index (χ3n) is 8.63. The van der Waals surface area contributed by atoms with E-state index in [0.717, 1.165) is 55.9 Å². The SMILES string of the molecule is CN(CCc1ccccn1)C(=O)CCC[C@@H]1[C@H]2CCCN3CCC[C@@H](CN1Cc1cccnc1)[C@@H]23. The Bertz CT molecular complexity index is 937. The number of hydrogen-bond donors (Lipinski definition) is 0. The minimum Gasteiger partial charge on any atom is -0.345 e. The topological polar surface area (TPSA) is 52.6 Å². The van der Waals surface area contributed by atoms with Crippen LogP contribution in [-0.2, 0) is 17.8 Å². The quantitative estimate of drug-likeness (QED) is 0.548. The van der Waals surface area contributed by atoms with E-state index in [1.807, 2.05) is 48.7 Å². The molecular formula is C29H41N5O. The zero-order valence-corrected chi connectivity index (χ0v) is 21.3. The van der Waals surface area contributed by atoms with Crippen LogP contribution in [-0.4, -0.2) is 75.9 Å². The molecule has 3 aliphatic rings. The molecule has 5 rings (SSSR count). The second-order valence-corrected chi connectivity index (χ2v) is 10.9. The van der Waals surface area contributed by atoms with Gasteiger partial charge in [0.15, 0.2) is 0 Å². The predicted octanol–water partition coefficient (Wildman–Crippen LogP) is 4.02. The Morgan fingerprint density at radius 1 is 1.11 bits per heavy atom. The van der Waals surface area contributed by atoms with Crippen LogP contribution in [0.15, 0.2) is 48.9 Å². The standard InChI is InChI=1S/C29H41N5O/c1-32(19-14-25-10-2-3-16-31-25)28(35)13-4-12-27-26-11-7-18-33-17-6-9-24(29(26)33)22-34(27)21-23-8-5-15-30-20-23/h2-3,5,8,10,15-16,20,24,26-27,29H,4,6-7,9,11-14,17-19,21-22H2,1H3/t24-,26+,27+,29-/m0/s1. The third kappa shape index (κ3) is 5.92. The second-order valence-electron chi connectivity index (χ2n) is 10.9. The molecule has 2 aromatic heterocycles. The van der Waals surface area contributed by atoms with Crippen LogP contribution in [0.4, 0.5) is 0 Å². The molecule has 2 aromatic rings. The molecule has 188 valence electrons. The van der Waals surface area contributed by atoms with E-state index in [1.54, 1.807) is 0 Å². The molecule has 6 heteroatoms. The van der Waals surface area contributed by atoms with Crippen LogP contribution >= 0.6 is 0 Å². The summed E-state index contributed by atoms with van der Waals surface area (Å²) in [4.78, 5) is 29.1. The molecule has 0 bridgehead atoms. The highest BCUT2D eigenvalue weighted by Gasteiger charge is 2.48. The van der Waals surface area contributed by atoms with Crippen molar-refractivity contribution in [3.63, 3.8) is 0 Å². The fourth-order valence-electron chi connectivity index (χ4n) is 6.99. The number of rotatable bonds is 9. The van der Waals surface area contributed by atoms with Crippen LogP contribution < -0.4 is 0 Å². The van der Waals surface area contributed by atoms with Gasteiger partial charge in [-0.05, 0) is 87.2 Å². The molecule has 3 saturated heterocycles. The molecular weight excluding hydrogens is 434 g/mol. The minimum absolute atomic E-state index is 0.261. The van der Waals surface area contributed by atoms with E-state index in [2.05, 4.69) is 31.9 Å². The molecule has 0 unspecified atom stereocenters. The van der Waals surface area contributed by atoms with Crippen molar-refractivity contribution < 1.29 is 4.79 Å². The summed E-state index contributed by atoms with van der Waals surface area (Å²) in [5.74, 6) is 1.79. The molecule has 3 fully saturated rings. The number of amides is 1. The van der Waals surface area contributed by atoms with Crippen molar-refractivity contribution in [1.82, 2.24) is 24.7 Å². The number of likely N-dealkylation sites (N-methyl/N-ethyl adjacent to an activating group) is 1. The molecule has 3 aliphatic heterocycles. The van der Waals surface area contributed by atoms with Gasteiger partial charge in [-0.25, -0.2) is 0 Å². The number of carbonyl (C=O) groups is 1. The number of aromatic nitrogens is 2. The minimum atomic E-state index is 0.261. The van der Waals surface area contributed by atoms with E-state index in [4.69, 9.17) is 0 Å². The zero-order valence-electron chi connectivity index (χ0n) is 21.3. The zero-order chi connectivity index (χ0) is 24.0. The van der Waals surface area contributed by atoms with E-state index in [1.165, 1.54) is 50.9 Å². The molecule has 0 aromatic carbocycles. The number of carbonyl (C=O) groups excluding carboxylic acids is 1. The lowest BCUT2D eigenvalue weighted by Gasteiger charge is -2.57. The van der Waals surface area contributed by atoms with Gasteiger partial charge in [-0.15, -0.1) is 0 Å². The van der Waals surface area contributed by atoms with Crippen LogP contribution in [0.1, 0.15) is 56.2 Å². The summed E-state index contributed by atoms with van der Waals surface area (Å²) in [6, 6.07) is 11.6. The average Bonchev–Trinajstić information content (AvgIpc) is 2.90. The van der Waals surface area contributed by atoms with E-state index in [9.17, 15) is 4.79 Å². The maximum absolute atomic E-state index is 12.9. The molecule has 1 amide bonds. The maximum Gasteiger partial charge on any atom is 0.222 e. The van der Waals surface area contributed by atoms with Crippen LogP contribution in [0.25, 0.3) is 0 Å². The summed E-state index contributed by atoms with van der Waals surface area (Å²) in [7, 11) is 1.94. The molecule has 0 spiro atoms. The Labute approximate surface area is 210 Å². The fraction of sp³-hybridized carbons (Fsp3) is 0.621. The summed E-state index contributed by atoms with van der Waals surface area (Å²) in [5.41, 5.74) is 2.36. The summed E-state index contributed by atoms with van der Waals surface area (Å²) in [6.07, 6.45) is 14.6. The summed E-state index contributed by atoms with van der Waals surface area (Å²) in [6.45, 7) is 5.47. The van der Waals surface area contributed by atoms with Gasteiger partial charge in [0.1, 0.15) is 0 Å². The summed E-state index contributed by atoms with van der Waals surface area (Å²) in [5, 5.41) is 0. The first kappa shape index (κ1) is 24.4. The van der Waals surface area contributed by atoms with Crippen LogP contribution in [0.3, 0.4) is 0 Å². The Morgan fingerprint density at radius 3 is 2.80 bits per heavy atom. The maximum atomic E-state index is 12.9. The van der Waals surface area contributed by atoms with Crippen molar-refractivity contribution in [2.75, 3.05) is 33.2 Å². The van der Waals surface area contributed by atoms with Gasteiger partial charge < -0.3 is 4.90 Å². The van der Waals surface area contributed by atoms with Crippen molar-refractivity contribution >= 4 is 5.91 Å². The Hall–Kier alpha value is -2.31. The number of piperidine rings is 3. The lowest BCUT2D eigenvalue weighted by molar-refractivity contribution is -0.130. The van der Waals surface area contributed by atoms with Crippen molar-refractivity contribution in [1.29, 1.82) is 0 Å². The third-order valence-corrected chi connectivity index (χ3v) is 8.63. The molecule has 6 nitrogen and oxygen atoms in total. The van der Waals surface area contributed by atoms with E-state index in [0.29, 0.717) is 12.5 Å². The Balaban J connectivity index is 1.21. The second kappa shape index (κ2) is 11.6. The van der Waals surface area contributed by atoms with Gasteiger partial charge >= 0.3 is 0 Å². The van der Waals surface area contributed by atoms with Gasteiger partial charge in [0.2, 0.25) is 5.91 Å².